The Morgan fingerprint density at radius 3 is 2.28 bits per heavy atom. The number of thiophene rings is 2. The molecule has 0 aliphatic rings. The van der Waals surface area contributed by atoms with E-state index in [9.17, 15) is 0 Å². The Labute approximate surface area is 176 Å². The van der Waals surface area contributed by atoms with Crippen LogP contribution in [0.4, 0.5) is 0 Å². The summed E-state index contributed by atoms with van der Waals surface area (Å²) in [7, 11) is 2.18. The Bertz CT molecular complexity index is 1690. The summed E-state index contributed by atoms with van der Waals surface area (Å²) < 4.78 is 7.48. The zero-order chi connectivity index (χ0) is 19.7. The van der Waals surface area contributed by atoms with Crippen molar-refractivity contribution >= 4 is 76.5 Å². The van der Waals surface area contributed by atoms with Gasteiger partial charge in [-0.15, -0.1) is 22.7 Å². The summed E-state index contributed by atoms with van der Waals surface area (Å²) in [5, 5.41) is 6.57. The molecule has 0 radical (unpaired) electrons. The molecule has 0 atom stereocenters. The molecule has 3 aromatic carbocycles. The molecule has 6 rings (SSSR count). The second-order valence-electron chi connectivity index (χ2n) is 7.61. The van der Waals surface area contributed by atoms with Gasteiger partial charge in [-0.1, -0.05) is 43.0 Å². The van der Waals surface area contributed by atoms with E-state index in [0.717, 1.165) is 4.53 Å². The molecule has 3 heterocycles. The molecule has 6 aromatic rings. The molecular formula is C26H19NS2. The third-order valence-corrected chi connectivity index (χ3v) is 8.17. The number of hydrogen-bond acceptors (Lipinski definition) is 2. The molecule has 0 unspecified atom stereocenters. The molecule has 1 nitrogen and oxygen atoms in total. The van der Waals surface area contributed by atoms with Crippen LogP contribution >= 0.6 is 22.7 Å². The first-order valence-electron chi connectivity index (χ1n) is 9.70. The van der Waals surface area contributed by atoms with Gasteiger partial charge in [-0.25, -0.2) is 0 Å². The lowest BCUT2D eigenvalue weighted by atomic mass is 10.1. The van der Waals surface area contributed by atoms with Gasteiger partial charge in [0.15, 0.2) is 0 Å². The number of fused-ring (bicyclic) bond motifs is 5. The quantitative estimate of drug-likeness (QED) is 0.300. The minimum Gasteiger partial charge on any atom is -0.344 e. The second kappa shape index (κ2) is 6.06. The highest BCUT2D eigenvalue weighted by atomic mass is 32.1. The number of rotatable bonds is 1. The van der Waals surface area contributed by atoms with E-state index in [2.05, 4.69) is 91.9 Å². The number of aromatic nitrogens is 1. The Kier molecular flexibility index (Phi) is 3.55. The number of aryl methyl sites for hydroxylation is 2. The number of nitrogens with zero attached hydrogens (tertiary/aromatic N) is 1. The van der Waals surface area contributed by atoms with E-state index < -0.39 is 0 Å². The molecule has 3 aromatic heterocycles. The summed E-state index contributed by atoms with van der Waals surface area (Å²) in [6.07, 6.45) is 2.32. The van der Waals surface area contributed by atoms with Crippen molar-refractivity contribution in [3.8, 4) is 0 Å². The number of hydrogen-bond donors (Lipinski definition) is 0. The molecular weight excluding hydrogens is 390 g/mol. The first-order chi connectivity index (χ1) is 14.1. The van der Waals surface area contributed by atoms with E-state index in [4.69, 9.17) is 0 Å². The van der Waals surface area contributed by atoms with E-state index in [1.54, 1.807) is 11.3 Å². The van der Waals surface area contributed by atoms with Gasteiger partial charge < -0.3 is 4.57 Å². The van der Waals surface area contributed by atoms with Crippen molar-refractivity contribution in [3.63, 3.8) is 0 Å². The fourth-order valence-corrected chi connectivity index (χ4v) is 6.58. The Balaban J connectivity index is 1.70. The van der Waals surface area contributed by atoms with E-state index in [0.29, 0.717) is 0 Å². The van der Waals surface area contributed by atoms with Crippen molar-refractivity contribution < 1.29 is 0 Å². The third kappa shape index (κ3) is 2.38. The minimum absolute atomic E-state index is 1.13. The van der Waals surface area contributed by atoms with E-state index in [1.165, 1.54) is 57.6 Å². The fraction of sp³-hybridized carbons (Fsp3) is 0.0769. The predicted molar refractivity (Wildman–Crippen MR) is 131 cm³/mol. The van der Waals surface area contributed by atoms with Crippen LogP contribution in [-0.2, 0) is 7.05 Å². The largest absolute Gasteiger partial charge is 0.344 e. The first-order valence-corrected chi connectivity index (χ1v) is 11.3. The standard InChI is InChI=1S/C26H19NS2/c1-15-19-14-26-21(18-9-5-7-11-25(18)29-26)13-23(19)27(3)22(15)12-20-16(2)28-24-10-6-4-8-17(20)24/h4-14H,2H2,1,3H3/b20-12+. The monoisotopic (exact) mass is 409 g/mol. The molecule has 0 aliphatic heterocycles. The van der Waals surface area contributed by atoms with Gasteiger partial charge in [0.05, 0.1) is 0 Å². The topological polar surface area (TPSA) is 4.93 Å². The van der Waals surface area contributed by atoms with Gasteiger partial charge in [-0.2, -0.15) is 0 Å². The molecule has 0 fully saturated rings. The van der Waals surface area contributed by atoms with Crippen molar-refractivity contribution in [3.05, 3.63) is 81.7 Å². The highest BCUT2D eigenvalue weighted by Gasteiger charge is 2.14. The van der Waals surface area contributed by atoms with Crippen LogP contribution in [0.15, 0.2) is 60.7 Å². The fourth-order valence-electron chi connectivity index (χ4n) is 4.47. The normalized spacial score (nSPS) is 12.8. The van der Waals surface area contributed by atoms with Crippen LogP contribution in [0.5, 0.6) is 0 Å². The van der Waals surface area contributed by atoms with E-state index in [-0.39, 0.29) is 0 Å². The van der Waals surface area contributed by atoms with Crippen molar-refractivity contribution in [1.29, 1.82) is 0 Å². The lowest BCUT2D eigenvalue weighted by molar-refractivity contribution is 0.948. The minimum atomic E-state index is 1.13. The Morgan fingerprint density at radius 1 is 0.793 bits per heavy atom. The summed E-state index contributed by atoms with van der Waals surface area (Å²) in [5.41, 5.74) is 3.88. The molecule has 29 heavy (non-hydrogen) atoms. The van der Waals surface area contributed by atoms with Crippen LogP contribution in [-0.4, -0.2) is 4.57 Å². The maximum Gasteiger partial charge on any atom is 0.0492 e. The summed E-state index contributed by atoms with van der Waals surface area (Å²) in [6.45, 7) is 6.56. The van der Waals surface area contributed by atoms with Gasteiger partial charge in [-0.05, 0) is 42.8 Å². The molecule has 0 amide bonds. The molecule has 0 bridgehead atoms. The van der Waals surface area contributed by atoms with Gasteiger partial charge in [0.2, 0.25) is 0 Å². The smallest absolute Gasteiger partial charge is 0.0492 e. The van der Waals surface area contributed by atoms with Gasteiger partial charge >= 0.3 is 0 Å². The predicted octanol–water partition coefficient (Wildman–Crippen LogP) is 6.31. The van der Waals surface area contributed by atoms with Crippen molar-refractivity contribution in [2.75, 3.05) is 0 Å². The average molecular weight is 410 g/mol. The van der Waals surface area contributed by atoms with Crippen molar-refractivity contribution in [2.45, 2.75) is 6.92 Å². The molecule has 3 heteroatoms. The third-order valence-electron chi connectivity index (χ3n) is 6.00. The van der Waals surface area contributed by atoms with E-state index >= 15 is 0 Å². The van der Waals surface area contributed by atoms with Crippen LogP contribution in [0.25, 0.3) is 53.8 Å². The first kappa shape index (κ1) is 17.0. The molecule has 0 spiro atoms. The van der Waals surface area contributed by atoms with Crippen LogP contribution in [0, 0.1) is 6.92 Å². The molecule has 0 N–H and O–H groups in total. The van der Waals surface area contributed by atoms with E-state index in [1.807, 2.05) is 11.3 Å². The van der Waals surface area contributed by atoms with Crippen molar-refractivity contribution in [2.24, 2.45) is 7.05 Å². The molecule has 140 valence electrons. The zero-order valence-corrected chi connectivity index (χ0v) is 18.0. The summed E-state index contributed by atoms with van der Waals surface area (Å²) in [6, 6.07) is 22.0. The Morgan fingerprint density at radius 2 is 1.48 bits per heavy atom. The van der Waals surface area contributed by atoms with Gasteiger partial charge in [0, 0.05) is 63.7 Å². The molecule has 0 saturated carbocycles. The highest BCUT2D eigenvalue weighted by Crippen LogP contribution is 2.38. The van der Waals surface area contributed by atoms with Gasteiger partial charge in [0.1, 0.15) is 0 Å². The lowest BCUT2D eigenvalue weighted by Crippen LogP contribution is -2.17. The number of benzene rings is 3. The summed E-state index contributed by atoms with van der Waals surface area (Å²) in [5.74, 6) is 0. The van der Waals surface area contributed by atoms with Crippen LogP contribution < -0.4 is 9.75 Å². The van der Waals surface area contributed by atoms with Gasteiger partial charge in [-0.3, -0.25) is 0 Å². The highest BCUT2D eigenvalue weighted by molar-refractivity contribution is 7.25. The zero-order valence-electron chi connectivity index (χ0n) is 16.3. The Hall–Kier alpha value is -2.88. The maximum atomic E-state index is 4.32. The second-order valence-corrected chi connectivity index (χ2v) is 9.83. The summed E-state index contributed by atoms with van der Waals surface area (Å²) in [4.78, 5) is 0. The summed E-state index contributed by atoms with van der Waals surface area (Å²) >= 11 is 3.65. The molecule has 0 aliphatic carbocycles. The molecule has 0 saturated heterocycles. The lowest BCUT2D eigenvalue weighted by Gasteiger charge is -2.01. The van der Waals surface area contributed by atoms with Crippen LogP contribution in [0.3, 0.4) is 0 Å². The van der Waals surface area contributed by atoms with Crippen LogP contribution in [0.1, 0.15) is 11.3 Å². The average Bonchev–Trinajstić information content (AvgIpc) is 3.33. The van der Waals surface area contributed by atoms with Crippen LogP contribution in [0.2, 0.25) is 0 Å². The van der Waals surface area contributed by atoms with Crippen molar-refractivity contribution in [1.82, 2.24) is 4.57 Å². The maximum absolute atomic E-state index is 4.32. The SMILES string of the molecule is C=c1sc2ccccc2/c1=C/c1c(C)c2cc3sc4ccccc4c3cc2n1C. The van der Waals surface area contributed by atoms with Gasteiger partial charge in [0.25, 0.3) is 0 Å².